The van der Waals surface area contributed by atoms with Crippen molar-refractivity contribution >= 4 is 17.7 Å². The van der Waals surface area contributed by atoms with E-state index < -0.39 is 35.7 Å². The van der Waals surface area contributed by atoms with E-state index in [0.717, 1.165) is 38.2 Å². The molecule has 0 aromatic carbocycles. The molecule has 2 aliphatic carbocycles. The Morgan fingerprint density at radius 1 is 1.19 bits per heavy atom. The lowest BCUT2D eigenvalue weighted by Gasteiger charge is -2.50. The van der Waals surface area contributed by atoms with E-state index in [2.05, 4.69) is 19.2 Å². The van der Waals surface area contributed by atoms with Gasteiger partial charge in [0, 0.05) is 12.3 Å². The number of carbonyl (C=O) groups is 3. The summed E-state index contributed by atoms with van der Waals surface area (Å²) in [4.78, 5) is 37.2. The Labute approximate surface area is 190 Å². The number of carbonyl (C=O) groups excluding carboxylic acids is 2. The van der Waals surface area contributed by atoms with E-state index in [9.17, 15) is 29.7 Å². The second-order valence-corrected chi connectivity index (χ2v) is 10.6. The summed E-state index contributed by atoms with van der Waals surface area (Å²) < 4.78 is 0. The van der Waals surface area contributed by atoms with E-state index in [0.29, 0.717) is 17.8 Å². The number of Topliss-reactive ketones (excluding diaryl/α,β-unsaturated/α-hetero) is 1. The molecule has 0 unspecified atom stereocenters. The van der Waals surface area contributed by atoms with Crippen LogP contribution in [0.25, 0.3) is 0 Å². The minimum Gasteiger partial charge on any atom is -0.511 e. The van der Waals surface area contributed by atoms with Crippen LogP contribution in [0.4, 0.5) is 0 Å². The van der Waals surface area contributed by atoms with Crippen LogP contribution in [0.2, 0.25) is 0 Å². The number of amides is 1. The summed E-state index contributed by atoms with van der Waals surface area (Å²) in [6.07, 6.45) is 5.68. The van der Waals surface area contributed by atoms with Crippen molar-refractivity contribution in [2.75, 3.05) is 0 Å². The van der Waals surface area contributed by atoms with Crippen molar-refractivity contribution in [3.63, 3.8) is 0 Å². The summed E-state index contributed by atoms with van der Waals surface area (Å²) in [5, 5.41) is 33.3. The minimum absolute atomic E-state index is 0.0476. The quantitative estimate of drug-likeness (QED) is 0.222. The number of aliphatic hydroxyl groups is 2. The Bertz CT molecular complexity index is 856. The number of hydrogen-bond acceptors (Lipinski definition) is 5. The largest absolute Gasteiger partial charge is 0.511 e. The number of hydrogen-bond donors (Lipinski definition) is 4. The molecule has 1 amide bonds. The molecule has 0 aromatic rings. The highest BCUT2D eigenvalue weighted by Gasteiger charge is 2.51. The number of ketones is 1. The van der Waals surface area contributed by atoms with Gasteiger partial charge in [0.1, 0.15) is 11.3 Å². The molecule has 1 saturated heterocycles. The van der Waals surface area contributed by atoms with Crippen molar-refractivity contribution in [3.8, 4) is 0 Å². The van der Waals surface area contributed by atoms with Crippen molar-refractivity contribution < 1.29 is 29.7 Å². The number of carboxylic acids is 1. The summed E-state index contributed by atoms with van der Waals surface area (Å²) in [7, 11) is 0. The molecule has 0 radical (unpaired) electrons. The normalized spacial score (nSPS) is 39.2. The molecular weight excluding hydrogens is 410 g/mol. The molecule has 3 aliphatic rings. The van der Waals surface area contributed by atoms with Gasteiger partial charge in [-0.1, -0.05) is 25.5 Å². The van der Waals surface area contributed by atoms with Crippen LogP contribution in [0, 0.1) is 35.5 Å². The van der Waals surface area contributed by atoms with Crippen molar-refractivity contribution in [1.82, 2.24) is 5.32 Å². The molecule has 3 fully saturated rings. The van der Waals surface area contributed by atoms with E-state index in [4.69, 9.17) is 0 Å². The number of fused-ring (bicyclic) bond motifs is 1. The monoisotopic (exact) mass is 447 g/mol. The maximum atomic E-state index is 13.1. The smallest absolute Gasteiger partial charge is 0.335 e. The number of nitrogens with one attached hydrogen (secondary N) is 1. The molecule has 178 valence electrons. The fourth-order valence-corrected chi connectivity index (χ4v) is 6.54. The van der Waals surface area contributed by atoms with E-state index in [1.807, 2.05) is 19.9 Å². The molecule has 0 bridgehead atoms. The van der Waals surface area contributed by atoms with Gasteiger partial charge in [-0.05, 0) is 76.0 Å². The van der Waals surface area contributed by atoms with Gasteiger partial charge >= 0.3 is 5.97 Å². The lowest BCUT2D eigenvalue weighted by molar-refractivity contribution is -0.158. The number of allylic oxidation sites excluding steroid dienone is 3. The first-order valence-corrected chi connectivity index (χ1v) is 11.8. The van der Waals surface area contributed by atoms with Crippen LogP contribution in [-0.2, 0) is 14.4 Å². The zero-order valence-electron chi connectivity index (χ0n) is 19.7. The second kappa shape index (κ2) is 9.00. The molecule has 0 spiro atoms. The van der Waals surface area contributed by atoms with Crippen molar-refractivity contribution in [1.29, 1.82) is 0 Å². The first-order chi connectivity index (χ1) is 14.9. The van der Waals surface area contributed by atoms with Crippen LogP contribution in [0.1, 0.15) is 66.7 Å². The van der Waals surface area contributed by atoms with Crippen LogP contribution in [-0.4, -0.2) is 44.6 Å². The highest BCUT2D eigenvalue weighted by molar-refractivity contribution is 6.27. The Balaban J connectivity index is 2.02. The van der Waals surface area contributed by atoms with Gasteiger partial charge in [-0.15, -0.1) is 0 Å². The van der Waals surface area contributed by atoms with Crippen LogP contribution < -0.4 is 5.32 Å². The fourth-order valence-electron chi connectivity index (χ4n) is 6.54. The predicted octanol–water partition coefficient (Wildman–Crippen LogP) is 3.38. The summed E-state index contributed by atoms with van der Waals surface area (Å²) >= 11 is 0. The first-order valence-electron chi connectivity index (χ1n) is 11.8. The van der Waals surface area contributed by atoms with Crippen LogP contribution >= 0.6 is 0 Å². The van der Waals surface area contributed by atoms with Gasteiger partial charge in [0.25, 0.3) is 5.91 Å². The molecular formula is C25H37NO6. The zero-order chi connectivity index (χ0) is 24.0. The van der Waals surface area contributed by atoms with Gasteiger partial charge < -0.3 is 20.6 Å². The molecule has 0 aromatic heterocycles. The number of rotatable bonds is 5. The standard InChI is InChI=1S/C25H37NO6/c1-6-13(3)16-8-7-15-10-12(2)9-14(4)18(15)19(16)22(28)20-21(27)17(26-23(20)29)11-25(5,32)24(30)31/h6,12,14-19,28,32H,7-11H2,1-5H3,(H,26,29)(H,30,31)/b13-6+,22-20+/t12-,14+,15-,16+,17-,18-,19-,25+/m1/s1. The number of aliphatic carboxylic acids is 1. The van der Waals surface area contributed by atoms with Gasteiger partial charge in [-0.25, -0.2) is 4.79 Å². The minimum atomic E-state index is -2.16. The molecule has 7 nitrogen and oxygen atoms in total. The van der Waals surface area contributed by atoms with Crippen molar-refractivity contribution in [3.05, 3.63) is 23.0 Å². The number of carboxylic acid groups (broad SMARTS) is 1. The Morgan fingerprint density at radius 3 is 2.44 bits per heavy atom. The molecule has 1 aliphatic heterocycles. The third-order valence-corrected chi connectivity index (χ3v) is 8.15. The predicted molar refractivity (Wildman–Crippen MR) is 120 cm³/mol. The molecule has 7 heteroatoms. The summed E-state index contributed by atoms with van der Waals surface area (Å²) in [6, 6.07) is -1.17. The Hall–Kier alpha value is -2.15. The van der Waals surface area contributed by atoms with E-state index >= 15 is 0 Å². The average molecular weight is 448 g/mol. The molecule has 8 atom stereocenters. The molecule has 2 saturated carbocycles. The summed E-state index contributed by atoms with van der Waals surface area (Å²) in [5.74, 6) is -1.65. The van der Waals surface area contributed by atoms with E-state index in [1.165, 1.54) is 0 Å². The summed E-state index contributed by atoms with van der Waals surface area (Å²) in [5.41, 5.74) is -1.28. The zero-order valence-corrected chi connectivity index (χ0v) is 19.7. The molecule has 4 N–H and O–H groups in total. The first kappa shape index (κ1) is 24.5. The summed E-state index contributed by atoms with van der Waals surface area (Å²) in [6.45, 7) is 9.56. The topological polar surface area (TPSA) is 124 Å². The van der Waals surface area contributed by atoms with Gasteiger partial charge in [0.05, 0.1) is 6.04 Å². The maximum Gasteiger partial charge on any atom is 0.335 e. The second-order valence-electron chi connectivity index (χ2n) is 10.6. The van der Waals surface area contributed by atoms with Gasteiger partial charge in [-0.3, -0.25) is 9.59 Å². The van der Waals surface area contributed by atoms with Crippen molar-refractivity contribution in [2.45, 2.75) is 78.4 Å². The lowest BCUT2D eigenvalue weighted by Crippen LogP contribution is -2.44. The number of aliphatic hydroxyl groups excluding tert-OH is 1. The van der Waals surface area contributed by atoms with E-state index in [1.54, 1.807) is 0 Å². The van der Waals surface area contributed by atoms with Gasteiger partial charge in [-0.2, -0.15) is 0 Å². The van der Waals surface area contributed by atoms with Crippen LogP contribution in [0.15, 0.2) is 23.0 Å². The molecule has 32 heavy (non-hydrogen) atoms. The fraction of sp³-hybridized carbons (Fsp3) is 0.720. The Morgan fingerprint density at radius 2 is 1.84 bits per heavy atom. The highest BCUT2D eigenvalue weighted by atomic mass is 16.4. The highest BCUT2D eigenvalue weighted by Crippen LogP contribution is 2.54. The third kappa shape index (κ3) is 4.36. The average Bonchev–Trinajstić information content (AvgIpc) is 2.98. The molecule has 1 heterocycles. The SMILES string of the molecule is C/C=C(\C)[C@@H]1CC[C@@H]2C[C@H](C)C[C@H](C)[C@H]2[C@@H]1/C(O)=C1\C(=O)N[C@H](C[C@](C)(O)C(=O)O)C1=O. The Kier molecular flexibility index (Phi) is 6.89. The maximum absolute atomic E-state index is 13.1. The van der Waals surface area contributed by atoms with Crippen molar-refractivity contribution in [2.24, 2.45) is 35.5 Å². The lowest BCUT2D eigenvalue weighted by atomic mass is 9.54. The van der Waals surface area contributed by atoms with Crippen LogP contribution in [0.5, 0.6) is 0 Å². The van der Waals surface area contributed by atoms with Gasteiger partial charge in [0.15, 0.2) is 11.4 Å². The van der Waals surface area contributed by atoms with Gasteiger partial charge in [0.2, 0.25) is 0 Å². The third-order valence-electron chi connectivity index (χ3n) is 8.15. The van der Waals surface area contributed by atoms with E-state index in [-0.39, 0.29) is 29.1 Å². The molecule has 3 rings (SSSR count). The van der Waals surface area contributed by atoms with Crippen LogP contribution in [0.3, 0.4) is 0 Å².